The summed E-state index contributed by atoms with van der Waals surface area (Å²) in [5.41, 5.74) is 2.28. The van der Waals surface area contributed by atoms with Crippen molar-refractivity contribution in [1.82, 2.24) is 14.7 Å². The monoisotopic (exact) mass is 350 g/mol. The van der Waals surface area contributed by atoms with Gasteiger partial charge in [-0.3, -0.25) is 14.9 Å². The molecule has 1 fully saturated rings. The summed E-state index contributed by atoms with van der Waals surface area (Å²) in [6.07, 6.45) is 4.79. The Hall–Kier alpha value is -3.22. The van der Waals surface area contributed by atoms with Gasteiger partial charge in [-0.25, -0.2) is 4.98 Å². The molecule has 3 aromatic rings. The Kier molecular flexibility index (Phi) is 4.12. The van der Waals surface area contributed by atoms with Crippen molar-refractivity contribution in [2.24, 2.45) is 0 Å². The first-order chi connectivity index (χ1) is 12.6. The maximum absolute atomic E-state index is 12.6. The number of carbonyl (C=O) groups excluding carboxylic acids is 1. The summed E-state index contributed by atoms with van der Waals surface area (Å²) in [7, 11) is 0. The standard InChI is InChI=1S/C19H18N4O3/c24-19(20-11-10-13-4-8-15(9-5-13)23(25)26)17-16-3-1-2-12-22(16)18(21-17)14-6-7-14/h1-5,8-9,12,14H,6-7,10-11H2,(H,20,24). The van der Waals surface area contributed by atoms with Gasteiger partial charge in [-0.2, -0.15) is 0 Å². The Morgan fingerprint density at radius 2 is 2.00 bits per heavy atom. The van der Waals surface area contributed by atoms with Crippen molar-refractivity contribution in [3.05, 3.63) is 75.9 Å². The molecule has 1 amide bonds. The Labute approximate surface area is 149 Å². The van der Waals surface area contributed by atoms with E-state index in [9.17, 15) is 14.9 Å². The predicted octanol–water partition coefficient (Wildman–Crippen LogP) is 3.09. The fourth-order valence-electron chi connectivity index (χ4n) is 3.05. The molecule has 0 unspecified atom stereocenters. The van der Waals surface area contributed by atoms with Crippen molar-refractivity contribution in [3.8, 4) is 0 Å². The zero-order valence-electron chi connectivity index (χ0n) is 14.1. The minimum Gasteiger partial charge on any atom is -0.350 e. The third-order valence-corrected chi connectivity index (χ3v) is 4.58. The average Bonchev–Trinajstić information content (AvgIpc) is 3.42. The van der Waals surface area contributed by atoms with Gasteiger partial charge in [0.2, 0.25) is 0 Å². The van der Waals surface area contributed by atoms with E-state index in [2.05, 4.69) is 10.3 Å². The van der Waals surface area contributed by atoms with Crippen LogP contribution in [0.15, 0.2) is 48.7 Å². The van der Waals surface area contributed by atoms with Gasteiger partial charge in [0.05, 0.1) is 10.4 Å². The minimum atomic E-state index is -0.424. The van der Waals surface area contributed by atoms with Gasteiger partial charge in [0.1, 0.15) is 5.82 Å². The van der Waals surface area contributed by atoms with Gasteiger partial charge in [0, 0.05) is 30.8 Å². The number of hydrogen-bond acceptors (Lipinski definition) is 4. The topological polar surface area (TPSA) is 89.5 Å². The molecule has 0 aliphatic heterocycles. The molecule has 2 heterocycles. The minimum absolute atomic E-state index is 0.0647. The normalized spacial score (nSPS) is 13.7. The molecule has 132 valence electrons. The quantitative estimate of drug-likeness (QED) is 0.546. The summed E-state index contributed by atoms with van der Waals surface area (Å²) in [6.45, 7) is 0.446. The van der Waals surface area contributed by atoms with E-state index in [0.29, 0.717) is 24.6 Å². The van der Waals surface area contributed by atoms with Crippen LogP contribution in [-0.2, 0) is 6.42 Å². The summed E-state index contributed by atoms with van der Waals surface area (Å²) in [5.74, 6) is 1.22. The van der Waals surface area contributed by atoms with Crippen LogP contribution >= 0.6 is 0 Å². The molecule has 0 radical (unpaired) electrons. The van der Waals surface area contributed by atoms with E-state index in [0.717, 1.165) is 29.7 Å². The number of amides is 1. The average molecular weight is 350 g/mol. The molecular weight excluding hydrogens is 332 g/mol. The lowest BCUT2D eigenvalue weighted by Crippen LogP contribution is -2.26. The lowest BCUT2D eigenvalue weighted by Gasteiger charge is -2.04. The SMILES string of the molecule is O=C(NCCc1ccc([N+](=O)[O-])cc1)c1nc(C2CC2)n2ccccc12. The van der Waals surface area contributed by atoms with Gasteiger partial charge in [0.25, 0.3) is 11.6 Å². The number of nitro groups is 1. The number of pyridine rings is 1. The molecule has 7 nitrogen and oxygen atoms in total. The van der Waals surface area contributed by atoms with Crippen molar-refractivity contribution in [2.75, 3.05) is 6.54 Å². The van der Waals surface area contributed by atoms with Crippen LogP contribution in [0.5, 0.6) is 0 Å². The van der Waals surface area contributed by atoms with E-state index in [1.807, 2.05) is 28.8 Å². The van der Waals surface area contributed by atoms with Crippen LogP contribution in [0.25, 0.3) is 5.52 Å². The number of hydrogen-bond donors (Lipinski definition) is 1. The zero-order chi connectivity index (χ0) is 18.1. The largest absolute Gasteiger partial charge is 0.350 e. The molecule has 0 atom stereocenters. The number of carbonyl (C=O) groups is 1. The second-order valence-electron chi connectivity index (χ2n) is 6.48. The van der Waals surface area contributed by atoms with Crippen LogP contribution in [0.4, 0.5) is 5.69 Å². The van der Waals surface area contributed by atoms with E-state index in [1.165, 1.54) is 12.1 Å². The van der Waals surface area contributed by atoms with Crippen molar-refractivity contribution in [3.63, 3.8) is 0 Å². The van der Waals surface area contributed by atoms with E-state index in [-0.39, 0.29) is 11.6 Å². The Morgan fingerprint density at radius 1 is 1.23 bits per heavy atom. The van der Waals surface area contributed by atoms with Gasteiger partial charge in [-0.05, 0) is 37.0 Å². The third-order valence-electron chi connectivity index (χ3n) is 4.58. The summed E-state index contributed by atoms with van der Waals surface area (Å²) in [6, 6.07) is 12.1. The predicted molar refractivity (Wildman–Crippen MR) is 96.3 cm³/mol. The Balaban J connectivity index is 1.44. The van der Waals surface area contributed by atoms with Crippen LogP contribution in [0.2, 0.25) is 0 Å². The van der Waals surface area contributed by atoms with E-state index >= 15 is 0 Å². The summed E-state index contributed by atoms with van der Waals surface area (Å²) in [5, 5.41) is 13.6. The van der Waals surface area contributed by atoms with Crippen LogP contribution in [0.3, 0.4) is 0 Å². The van der Waals surface area contributed by atoms with E-state index in [1.54, 1.807) is 12.1 Å². The first kappa shape index (κ1) is 16.3. The molecule has 0 bridgehead atoms. The molecule has 1 aromatic carbocycles. The summed E-state index contributed by atoms with van der Waals surface area (Å²) < 4.78 is 2.00. The smallest absolute Gasteiger partial charge is 0.272 e. The molecule has 1 aliphatic carbocycles. The van der Waals surface area contributed by atoms with Crippen molar-refractivity contribution in [2.45, 2.75) is 25.2 Å². The summed E-state index contributed by atoms with van der Waals surface area (Å²) >= 11 is 0. The highest BCUT2D eigenvalue weighted by Crippen LogP contribution is 2.39. The second kappa shape index (κ2) is 6.59. The Bertz CT molecular complexity index is 974. The van der Waals surface area contributed by atoms with Gasteiger partial charge < -0.3 is 9.72 Å². The molecule has 0 spiro atoms. The molecular formula is C19H18N4O3. The molecule has 0 saturated heterocycles. The lowest BCUT2D eigenvalue weighted by molar-refractivity contribution is -0.384. The number of benzene rings is 1. The van der Waals surface area contributed by atoms with Gasteiger partial charge in [0.15, 0.2) is 5.69 Å². The highest BCUT2D eigenvalue weighted by molar-refractivity contribution is 5.99. The number of nitro benzene ring substituents is 1. The fraction of sp³-hybridized carbons (Fsp3) is 0.263. The van der Waals surface area contributed by atoms with Crippen LogP contribution in [0, 0.1) is 10.1 Å². The Morgan fingerprint density at radius 3 is 2.69 bits per heavy atom. The maximum atomic E-state index is 12.6. The molecule has 1 aliphatic rings. The van der Waals surface area contributed by atoms with E-state index in [4.69, 9.17) is 0 Å². The first-order valence-corrected chi connectivity index (χ1v) is 8.62. The number of aromatic nitrogens is 2. The summed E-state index contributed by atoms with van der Waals surface area (Å²) in [4.78, 5) is 27.4. The lowest BCUT2D eigenvalue weighted by atomic mass is 10.1. The number of imidazole rings is 1. The number of nitrogens with zero attached hydrogens (tertiary/aromatic N) is 3. The van der Waals surface area contributed by atoms with Gasteiger partial charge >= 0.3 is 0 Å². The maximum Gasteiger partial charge on any atom is 0.272 e. The molecule has 1 saturated carbocycles. The second-order valence-corrected chi connectivity index (χ2v) is 6.48. The van der Waals surface area contributed by atoms with Crippen LogP contribution in [-0.4, -0.2) is 26.8 Å². The van der Waals surface area contributed by atoms with Crippen molar-refractivity contribution >= 4 is 17.1 Å². The van der Waals surface area contributed by atoms with Crippen LogP contribution < -0.4 is 5.32 Å². The molecule has 1 N–H and O–H groups in total. The molecule has 7 heteroatoms. The van der Waals surface area contributed by atoms with Crippen molar-refractivity contribution < 1.29 is 9.72 Å². The highest BCUT2D eigenvalue weighted by atomic mass is 16.6. The molecule has 2 aromatic heterocycles. The molecule has 4 rings (SSSR count). The molecule has 26 heavy (non-hydrogen) atoms. The van der Waals surface area contributed by atoms with Gasteiger partial charge in [-0.1, -0.05) is 18.2 Å². The van der Waals surface area contributed by atoms with E-state index < -0.39 is 4.92 Å². The number of rotatable bonds is 6. The van der Waals surface area contributed by atoms with Gasteiger partial charge in [-0.15, -0.1) is 0 Å². The first-order valence-electron chi connectivity index (χ1n) is 8.62. The van der Waals surface area contributed by atoms with Crippen molar-refractivity contribution in [1.29, 1.82) is 0 Å². The third kappa shape index (κ3) is 3.15. The fourth-order valence-corrected chi connectivity index (χ4v) is 3.05. The van der Waals surface area contributed by atoms with Crippen LogP contribution in [0.1, 0.15) is 40.6 Å². The number of nitrogens with one attached hydrogen (secondary N) is 1. The number of fused-ring (bicyclic) bond motifs is 1. The zero-order valence-corrected chi connectivity index (χ0v) is 14.1. The highest BCUT2D eigenvalue weighted by Gasteiger charge is 2.30. The number of non-ortho nitro benzene ring substituents is 1.